The molecule has 0 bridgehead atoms. The SMILES string of the molecule is N#Cc1cc(N2CCCC(C(=O)O)C2)nc2ccccc12. The number of carboxylic acids is 1. The van der Waals surface area contributed by atoms with Crippen LogP contribution in [0.2, 0.25) is 0 Å². The van der Waals surface area contributed by atoms with Crippen molar-refractivity contribution in [2.24, 2.45) is 5.92 Å². The second kappa shape index (κ2) is 5.41. The molecule has 5 nitrogen and oxygen atoms in total. The number of benzene rings is 1. The molecule has 0 radical (unpaired) electrons. The number of carboxylic acid groups (broad SMARTS) is 1. The summed E-state index contributed by atoms with van der Waals surface area (Å²) in [4.78, 5) is 17.7. The van der Waals surface area contributed by atoms with E-state index in [1.54, 1.807) is 6.07 Å². The van der Waals surface area contributed by atoms with Gasteiger partial charge >= 0.3 is 5.97 Å². The molecule has 0 spiro atoms. The average Bonchev–Trinajstić information content (AvgIpc) is 2.53. The summed E-state index contributed by atoms with van der Waals surface area (Å²) in [6.45, 7) is 1.23. The van der Waals surface area contributed by atoms with E-state index in [9.17, 15) is 15.2 Å². The van der Waals surface area contributed by atoms with E-state index < -0.39 is 5.97 Å². The van der Waals surface area contributed by atoms with Gasteiger partial charge in [0.2, 0.25) is 0 Å². The summed E-state index contributed by atoms with van der Waals surface area (Å²) >= 11 is 0. The van der Waals surface area contributed by atoms with E-state index in [1.807, 2.05) is 29.2 Å². The first-order valence-corrected chi connectivity index (χ1v) is 6.96. The Labute approximate surface area is 122 Å². The number of pyridine rings is 1. The lowest BCUT2D eigenvalue weighted by Crippen LogP contribution is -2.39. The van der Waals surface area contributed by atoms with Gasteiger partial charge in [0.25, 0.3) is 0 Å². The lowest BCUT2D eigenvalue weighted by Gasteiger charge is -2.31. The maximum atomic E-state index is 11.2. The fourth-order valence-electron chi connectivity index (χ4n) is 2.80. The highest BCUT2D eigenvalue weighted by molar-refractivity contribution is 5.86. The Morgan fingerprint density at radius 1 is 1.43 bits per heavy atom. The summed E-state index contributed by atoms with van der Waals surface area (Å²) in [6.07, 6.45) is 1.53. The Morgan fingerprint density at radius 2 is 2.24 bits per heavy atom. The molecule has 1 aliphatic heterocycles. The van der Waals surface area contributed by atoms with Gasteiger partial charge in [0.05, 0.1) is 23.1 Å². The van der Waals surface area contributed by atoms with Crippen LogP contribution in [0.5, 0.6) is 0 Å². The van der Waals surface area contributed by atoms with Crippen molar-refractivity contribution in [1.82, 2.24) is 4.98 Å². The minimum atomic E-state index is -0.763. The number of aromatic nitrogens is 1. The van der Waals surface area contributed by atoms with Gasteiger partial charge in [0.1, 0.15) is 5.82 Å². The monoisotopic (exact) mass is 281 g/mol. The number of hydrogen-bond acceptors (Lipinski definition) is 4. The average molecular weight is 281 g/mol. The van der Waals surface area contributed by atoms with Crippen LogP contribution in [-0.2, 0) is 4.79 Å². The van der Waals surface area contributed by atoms with Crippen molar-refractivity contribution >= 4 is 22.7 Å². The standard InChI is InChI=1S/C16H15N3O2/c17-9-12-8-15(18-14-6-2-1-5-13(12)14)19-7-3-4-11(10-19)16(20)21/h1-2,5-6,8,11H,3-4,7,10H2,(H,20,21). The molecule has 21 heavy (non-hydrogen) atoms. The molecule has 2 heterocycles. The lowest BCUT2D eigenvalue weighted by atomic mass is 9.98. The number of rotatable bonds is 2. The largest absolute Gasteiger partial charge is 0.481 e. The van der Waals surface area contributed by atoms with E-state index in [-0.39, 0.29) is 5.92 Å². The lowest BCUT2D eigenvalue weighted by molar-refractivity contribution is -0.141. The van der Waals surface area contributed by atoms with Crippen molar-refractivity contribution in [3.63, 3.8) is 0 Å². The highest BCUT2D eigenvalue weighted by Gasteiger charge is 2.26. The van der Waals surface area contributed by atoms with Gasteiger partial charge in [0, 0.05) is 18.5 Å². The van der Waals surface area contributed by atoms with Gasteiger partial charge in [-0.2, -0.15) is 5.26 Å². The highest BCUT2D eigenvalue weighted by Crippen LogP contribution is 2.26. The number of carbonyl (C=O) groups is 1. The topological polar surface area (TPSA) is 77.2 Å². The van der Waals surface area contributed by atoms with Gasteiger partial charge in [-0.3, -0.25) is 4.79 Å². The Balaban J connectivity index is 2.01. The van der Waals surface area contributed by atoms with Crippen LogP contribution in [0.25, 0.3) is 10.9 Å². The Hall–Kier alpha value is -2.61. The second-order valence-electron chi connectivity index (χ2n) is 5.28. The summed E-state index contributed by atoms with van der Waals surface area (Å²) in [5.74, 6) is -0.435. The van der Waals surface area contributed by atoms with Crippen molar-refractivity contribution in [3.05, 3.63) is 35.9 Å². The first-order chi connectivity index (χ1) is 10.2. The van der Waals surface area contributed by atoms with Gasteiger partial charge in [0.15, 0.2) is 0 Å². The fraction of sp³-hybridized carbons (Fsp3) is 0.312. The normalized spacial score (nSPS) is 18.4. The maximum Gasteiger partial charge on any atom is 0.308 e. The molecular formula is C16H15N3O2. The molecule has 3 rings (SSSR count). The third kappa shape index (κ3) is 2.52. The van der Waals surface area contributed by atoms with Crippen molar-refractivity contribution in [2.75, 3.05) is 18.0 Å². The summed E-state index contributed by atoms with van der Waals surface area (Å²) in [6, 6.07) is 11.5. The molecule has 1 atom stereocenters. The summed E-state index contributed by atoms with van der Waals surface area (Å²) < 4.78 is 0. The first kappa shape index (κ1) is 13.4. The minimum absolute atomic E-state index is 0.363. The fourth-order valence-corrected chi connectivity index (χ4v) is 2.80. The van der Waals surface area contributed by atoms with Gasteiger partial charge < -0.3 is 10.0 Å². The molecule has 1 N–H and O–H groups in total. The number of aliphatic carboxylic acids is 1. The molecule has 1 saturated heterocycles. The van der Waals surface area contributed by atoms with Crippen molar-refractivity contribution < 1.29 is 9.90 Å². The molecule has 1 aromatic carbocycles. The summed E-state index contributed by atoms with van der Waals surface area (Å²) in [5, 5.41) is 19.3. The van der Waals surface area contributed by atoms with E-state index in [0.29, 0.717) is 24.3 Å². The molecule has 1 aliphatic rings. The second-order valence-corrected chi connectivity index (χ2v) is 5.28. The number of fused-ring (bicyclic) bond motifs is 1. The minimum Gasteiger partial charge on any atom is -0.481 e. The van der Waals surface area contributed by atoms with Gasteiger partial charge in [-0.1, -0.05) is 18.2 Å². The Morgan fingerprint density at radius 3 is 3.00 bits per heavy atom. The zero-order valence-electron chi connectivity index (χ0n) is 11.5. The van der Waals surface area contributed by atoms with Crippen LogP contribution in [0.4, 0.5) is 5.82 Å². The van der Waals surface area contributed by atoms with Crippen LogP contribution in [0.15, 0.2) is 30.3 Å². The van der Waals surface area contributed by atoms with E-state index in [1.165, 1.54) is 0 Å². The smallest absolute Gasteiger partial charge is 0.308 e. The summed E-state index contributed by atoms with van der Waals surface area (Å²) in [7, 11) is 0. The van der Waals surface area contributed by atoms with Gasteiger partial charge in [-0.15, -0.1) is 0 Å². The molecule has 0 saturated carbocycles. The number of nitriles is 1. The molecular weight excluding hydrogens is 266 g/mol. The molecule has 106 valence electrons. The van der Waals surface area contributed by atoms with Crippen molar-refractivity contribution in [1.29, 1.82) is 5.26 Å². The van der Waals surface area contributed by atoms with Crippen LogP contribution in [-0.4, -0.2) is 29.1 Å². The van der Waals surface area contributed by atoms with Crippen LogP contribution >= 0.6 is 0 Å². The molecule has 5 heteroatoms. The number of anilines is 1. The number of piperidine rings is 1. The van der Waals surface area contributed by atoms with Gasteiger partial charge in [-0.25, -0.2) is 4.98 Å². The number of hydrogen-bond donors (Lipinski definition) is 1. The quantitative estimate of drug-likeness (QED) is 0.914. The molecule has 0 amide bonds. The van der Waals surface area contributed by atoms with E-state index in [0.717, 1.165) is 23.9 Å². The van der Waals surface area contributed by atoms with Crippen LogP contribution in [0.1, 0.15) is 18.4 Å². The third-order valence-corrected chi connectivity index (χ3v) is 3.92. The van der Waals surface area contributed by atoms with Crippen LogP contribution in [0.3, 0.4) is 0 Å². The van der Waals surface area contributed by atoms with Gasteiger partial charge in [-0.05, 0) is 25.0 Å². The van der Waals surface area contributed by atoms with E-state index in [2.05, 4.69) is 11.1 Å². The Bertz CT molecular complexity index is 736. The zero-order valence-corrected chi connectivity index (χ0v) is 11.5. The first-order valence-electron chi connectivity index (χ1n) is 6.96. The van der Waals surface area contributed by atoms with E-state index in [4.69, 9.17) is 0 Å². The molecule has 2 aromatic rings. The number of nitrogens with zero attached hydrogens (tertiary/aromatic N) is 3. The van der Waals surface area contributed by atoms with Crippen molar-refractivity contribution in [2.45, 2.75) is 12.8 Å². The van der Waals surface area contributed by atoms with Crippen LogP contribution < -0.4 is 4.90 Å². The number of para-hydroxylation sites is 1. The molecule has 0 aliphatic carbocycles. The maximum absolute atomic E-state index is 11.2. The van der Waals surface area contributed by atoms with E-state index >= 15 is 0 Å². The molecule has 1 fully saturated rings. The Kier molecular flexibility index (Phi) is 3.44. The predicted molar refractivity (Wildman–Crippen MR) is 79.0 cm³/mol. The highest BCUT2D eigenvalue weighted by atomic mass is 16.4. The zero-order chi connectivity index (χ0) is 14.8. The third-order valence-electron chi connectivity index (χ3n) is 3.92. The molecule has 1 aromatic heterocycles. The molecule has 1 unspecified atom stereocenters. The predicted octanol–water partition coefficient (Wildman–Crippen LogP) is 2.41. The summed E-state index contributed by atoms with van der Waals surface area (Å²) in [5.41, 5.74) is 1.34. The van der Waals surface area contributed by atoms with Crippen molar-refractivity contribution in [3.8, 4) is 6.07 Å². The van der Waals surface area contributed by atoms with Crippen LogP contribution in [0, 0.1) is 17.2 Å².